The SMILES string of the molecule is COC(=O)c1ccc2c(c1)CCN(c1cc(C(C)C)nc(NCCO)n1)C2. The number of carbonyl (C=O) groups is 1. The smallest absolute Gasteiger partial charge is 0.337 e. The van der Waals surface area contributed by atoms with Crippen molar-refractivity contribution >= 4 is 17.7 Å². The summed E-state index contributed by atoms with van der Waals surface area (Å²) in [7, 11) is 1.40. The van der Waals surface area contributed by atoms with Gasteiger partial charge in [-0.15, -0.1) is 0 Å². The molecule has 27 heavy (non-hydrogen) atoms. The quantitative estimate of drug-likeness (QED) is 0.755. The van der Waals surface area contributed by atoms with E-state index in [4.69, 9.17) is 9.84 Å². The van der Waals surface area contributed by atoms with Crippen molar-refractivity contribution < 1.29 is 14.6 Å². The minimum Gasteiger partial charge on any atom is -0.465 e. The van der Waals surface area contributed by atoms with Gasteiger partial charge in [0.25, 0.3) is 0 Å². The van der Waals surface area contributed by atoms with E-state index in [1.54, 1.807) is 0 Å². The van der Waals surface area contributed by atoms with E-state index in [2.05, 4.69) is 34.0 Å². The van der Waals surface area contributed by atoms with Crippen LogP contribution in [0, 0.1) is 0 Å². The maximum absolute atomic E-state index is 11.7. The van der Waals surface area contributed by atoms with Crippen LogP contribution in [-0.4, -0.2) is 47.8 Å². The molecule has 0 amide bonds. The molecule has 0 spiro atoms. The number of aliphatic hydroxyl groups is 1. The topological polar surface area (TPSA) is 87.6 Å². The minimum absolute atomic E-state index is 0.0320. The Morgan fingerprint density at radius 2 is 2.11 bits per heavy atom. The Morgan fingerprint density at radius 1 is 1.30 bits per heavy atom. The number of nitrogens with zero attached hydrogens (tertiary/aromatic N) is 3. The molecule has 2 N–H and O–H groups in total. The highest BCUT2D eigenvalue weighted by Gasteiger charge is 2.21. The molecule has 0 atom stereocenters. The molecule has 0 radical (unpaired) electrons. The van der Waals surface area contributed by atoms with Crippen LogP contribution in [0.4, 0.5) is 11.8 Å². The lowest BCUT2D eigenvalue weighted by atomic mass is 9.97. The van der Waals surface area contributed by atoms with Gasteiger partial charge >= 0.3 is 5.97 Å². The van der Waals surface area contributed by atoms with Gasteiger partial charge in [0.05, 0.1) is 25.0 Å². The van der Waals surface area contributed by atoms with Gasteiger partial charge in [-0.2, -0.15) is 4.98 Å². The molecular formula is C20H26N4O3. The molecule has 0 bridgehead atoms. The van der Waals surface area contributed by atoms with Crippen molar-refractivity contribution in [3.63, 3.8) is 0 Å². The van der Waals surface area contributed by atoms with Crippen molar-refractivity contribution in [1.82, 2.24) is 9.97 Å². The lowest BCUT2D eigenvalue weighted by molar-refractivity contribution is 0.0600. The normalized spacial score (nSPS) is 13.4. The van der Waals surface area contributed by atoms with Crippen molar-refractivity contribution in [1.29, 1.82) is 0 Å². The predicted octanol–water partition coefficient (Wildman–Crippen LogP) is 2.35. The number of hydrogen-bond acceptors (Lipinski definition) is 7. The molecule has 0 unspecified atom stereocenters. The van der Waals surface area contributed by atoms with Gasteiger partial charge in [0.2, 0.25) is 5.95 Å². The van der Waals surface area contributed by atoms with Crippen LogP contribution in [0.1, 0.15) is 46.9 Å². The van der Waals surface area contributed by atoms with Crippen LogP contribution in [0.3, 0.4) is 0 Å². The third-order valence-corrected chi connectivity index (χ3v) is 4.68. The Labute approximate surface area is 159 Å². The molecule has 1 aromatic carbocycles. The number of hydrogen-bond donors (Lipinski definition) is 2. The number of ether oxygens (including phenoxy) is 1. The van der Waals surface area contributed by atoms with E-state index in [1.165, 1.54) is 18.2 Å². The average Bonchev–Trinajstić information content (AvgIpc) is 2.70. The van der Waals surface area contributed by atoms with E-state index in [1.807, 2.05) is 24.3 Å². The summed E-state index contributed by atoms with van der Waals surface area (Å²) in [6, 6.07) is 7.75. The Hall–Kier alpha value is -2.67. The monoisotopic (exact) mass is 370 g/mol. The van der Waals surface area contributed by atoms with Crippen LogP contribution in [0.2, 0.25) is 0 Å². The predicted molar refractivity (Wildman–Crippen MR) is 104 cm³/mol. The first-order valence-electron chi connectivity index (χ1n) is 9.20. The molecule has 0 fully saturated rings. The van der Waals surface area contributed by atoms with Gasteiger partial charge in [-0.3, -0.25) is 0 Å². The zero-order valence-electron chi connectivity index (χ0n) is 16.0. The number of esters is 1. The zero-order valence-corrected chi connectivity index (χ0v) is 16.0. The Kier molecular flexibility index (Phi) is 5.91. The largest absolute Gasteiger partial charge is 0.465 e. The summed E-state index contributed by atoms with van der Waals surface area (Å²) in [5.41, 5.74) is 3.91. The van der Waals surface area contributed by atoms with E-state index in [0.29, 0.717) is 18.1 Å². The van der Waals surface area contributed by atoms with Crippen molar-refractivity contribution in [3.05, 3.63) is 46.6 Å². The number of fused-ring (bicyclic) bond motifs is 1. The van der Waals surface area contributed by atoms with Crippen LogP contribution in [-0.2, 0) is 17.7 Å². The van der Waals surface area contributed by atoms with Gasteiger partial charge in [-0.25, -0.2) is 9.78 Å². The fraction of sp³-hybridized carbons (Fsp3) is 0.450. The van der Waals surface area contributed by atoms with E-state index in [9.17, 15) is 4.79 Å². The van der Waals surface area contributed by atoms with E-state index >= 15 is 0 Å². The summed E-state index contributed by atoms with van der Waals surface area (Å²) in [5.74, 6) is 1.38. The molecule has 7 heteroatoms. The summed E-state index contributed by atoms with van der Waals surface area (Å²) in [5, 5.41) is 12.1. The Bertz CT molecular complexity index is 823. The summed E-state index contributed by atoms with van der Waals surface area (Å²) < 4.78 is 4.81. The van der Waals surface area contributed by atoms with Crippen molar-refractivity contribution in [3.8, 4) is 0 Å². The second-order valence-electron chi connectivity index (χ2n) is 6.93. The maximum atomic E-state index is 11.7. The lowest BCUT2D eigenvalue weighted by Crippen LogP contribution is -2.31. The van der Waals surface area contributed by atoms with Crippen LogP contribution in [0.5, 0.6) is 0 Å². The number of benzene rings is 1. The molecule has 2 heterocycles. The van der Waals surface area contributed by atoms with E-state index < -0.39 is 0 Å². The molecule has 0 aliphatic carbocycles. The number of aromatic nitrogens is 2. The maximum Gasteiger partial charge on any atom is 0.337 e. The van der Waals surface area contributed by atoms with Gasteiger partial charge in [0.15, 0.2) is 0 Å². The number of aliphatic hydroxyl groups excluding tert-OH is 1. The molecule has 144 valence electrons. The number of carbonyl (C=O) groups excluding carboxylic acids is 1. The molecule has 0 saturated carbocycles. The second-order valence-corrected chi connectivity index (χ2v) is 6.93. The van der Waals surface area contributed by atoms with E-state index in [0.717, 1.165) is 31.0 Å². The van der Waals surface area contributed by atoms with Gasteiger partial charge in [-0.1, -0.05) is 19.9 Å². The fourth-order valence-corrected chi connectivity index (χ4v) is 3.15. The highest BCUT2D eigenvalue weighted by molar-refractivity contribution is 5.89. The summed E-state index contributed by atoms with van der Waals surface area (Å²) >= 11 is 0. The summed E-state index contributed by atoms with van der Waals surface area (Å²) in [6.45, 7) is 6.18. The molecule has 2 aromatic rings. The first-order chi connectivity index (χ1) is 13.0. The van der Waals surface area contributed by atoms with Crippen LogP contribution < -0.4 is 10.2 Å². The molecule has 1 aliphatic rings. The molecular weight excluding hydrogens is 344 g/mol. The number of nitrogens with one attached hydrogen (secondary N) is 1. The number of methoxy groups -OCH3 is 1. The Balaban J connectivity index is 1.85. The molecule has 7 nitrogen and oxygen atoms in total. The van der Waals surface area contributed by atoms with Crippen LogP contribution >= 0.6 is 0 Å². The van der Waals surface area contributed by atoms with Crippen molar-refractivity contribution in [2.24, 2.45) is 0 Å². The molecule has 0 saturated heterocycles. The molecule has 3 rings (SSSR count). The third-order valence-electron chi connectivity index (χ3n) is 4.68. The number of anilines is 2. The minimum atomic E-state index is -0.308. The number of rotatable bonds is 6. The molecule has 1 aromatic heterocycles. The van der Waals surface area contributed by atoms with Crippen LogP contribution in [0.15, 0.2) is 24.3 Å². The summed E-state index contributed by atoms with van der Waals surface area (Å²) in [6.07, 6.45) is 0.834. The first kappa shape index (κ1) is 19.1. The van der Waals surface area contributed by atoms with Crippen molar-refractivity contribution in [2.45, 2.75) is 32.7 Å². The fourth-order valence-electron chi connectivity index (χ4n) is 3.15. The van der Waals surface area contributed by atoms with Gasteiger partial charge < -0.3 is 20.1 Å². The summed E-state index contributed by atoms with van der Waals surface area (Å²) in [4.78, 5) is 23.1. The van der Waals surface area contributed by atoms with Gasteiger partial charge in [0, 0.05) is 25.7 Å². The first-order valence-corrected chi connectivity index (χ1v) is 9.20. The lowest BCUT2D eigenvalue weighted by Gasteiger charge is -2.30. The highest BCUT2D eigenvalue weighted by Crippen LogP contribution is 2.27. The average molecular weight is 370 g/mol. The third kappa shape index (κ3) is 4.36. The van der Waals surface area contributed by atoms with Crippen LogP contribution in [0.25, 0.3) is 0 Å². The standard InChI is InChI=1S/C20H26N4O3/c1-13(2)17-11-18(23-20(22-17)21-7-9-25)24-8-6-14-10-15(19(26)27-3)4-5-16(14)12-24/h4-5,10-11,13,25H,6-9,12H2,1-3H3,(H,21,22,23). The van der Waals surface area contributed by atoms with Crippen molar-refractivity contribution in [2.75, 3.05) is 37.0 Å². The van der Waals surface area contributed by atoms with Gasteiger partial charge in [0.1, 0.15) is 5.82 Å². The molecule has 1 aliphatic heterocycles. The van der Waals surface area contributed by atoms with E-state index in [-0.39, 0.29) is 18.5 Å². The Morgan fingerprint density at radius 3 is 2.81 bits per heavy atom. The zero-order chi connectivity index (χ0) is 19.4. The second kappa shape index (κ2) is 8.35. The van der Waals surface area contributed by atoms with Gasteiger partial charge in [-0.05, 0) is 35.6 Å². The highest BCUT2D eigenvalue weighted by atomic mass is 16.5.